The summed E-state index contributed by atoms with van der Waals surface area (Å²) in [5.41, 5.74) is 14.2. The Morgan fingerprint density at radius 3 is 0.951 bits per heavy atom. The zero-order chi connectivity index (χ0) is 40.4. The maximum atomic E-state index is 5.45. The third kappa shape index (κ3) is 9.33. The number of para-hydroxylation sites is 4. The number of amidine groups is 1. The average Bonchev–Trinajstić information content (AvgIpc) is 3.78. The van der Waals surface area contributed by atoms with Crippen molar-refractivity contribution in [2.75, 3.05) is 9.91 Å². The van der Waals surface area contributed by atoms with Crippen LogP contribution in [0.3, 0.4) is 0 Å². The number of hydrogen-bond acceptors (Lipinski definition) is 3. The number of nitrogens with zero attached hydrogens (tertiary/aromatic N) is 4. The molecule has 5 heteroatoms. The SMILES string of the molecule is [Au].c1ccc(C2=NN(c3c(-c4ccccc4)cccc3-c3ccccc3)[CH-]N2c2c(-c3ccccc3)cccc2-c2ccccc2)cc1.c1ccc([N-]c2ccccc2)cc1. The van der Waals surface area contributed by atoms with Crippen molar-refractivity contribution < 1.29 is 22.4 Å². The minimum absolute atomic E-state index is 0. The molecular formula is C56H42AuN4-2. The van der Waals surface area contributed by atoms with Gasteiger partial charge in [0.2, 0.25) is 0 Å². The third-order valence-corrected chi connectivity index (χ3v) is 10.3. The molecule has 0 N–H and O–H groups in total. The summed E-state index contributed by atoms with van der Waals surface area (Å²) in [4.78, 5) is 2.27. The van der Waals surface area contributed by atoms with E-state index in [4.69, 9.17) is 5.10 Å². The summed E-state index contributed by atoms with van der Waals surface area (Å²) in [6.07, 6.45) is 0. The molecule has 0 fully saturated rings. The summed E-state index contributed by atoms with van der Waals surface area (Å²) < 4.78 is 0. The Morgan fingerprint density at radius 2 is 0.607 bits per heavy atom. The van der Waals surface area contributed by atoms with Crippen molar-refractivity contribution in [1.82, 2.24) is 0 Å². The molecule has 4 nitrogen and oxygen atoms in total. The van der Waals surface area contributed by atoms with E-state index in [0.717, 1.165) is 78.7 Å². The smallest absolute Gasteiger partial charge is 0.129 e. The van der Waals surface area contributed by atoms with Crippen LogP contribution in [0.4, 0.5) is 22.7 Å². The van der Waals surface area contributed by atoms with Crippen molar-refractivity contribution >= 4 is 28.6 Å². The first kappa shape index (κ1) is 40.6. The van der Waals surface area contributed by atoms with Crippen LogP contribution in [0.25, 0.3) is 49.8 Å². The second-order valence-electron chi connectivity index (χ2n) is 14.3. The van der Waals surface area contributed by atoms with Crippen molar-refractivity contribution in [2.24, 2.45) is 5.10 Å². The maximum Gasteiger partial charge on any atom is 0.129 e. The maximum absolute atomic E-state index is 5.45. The standard InChI is InChI=1S/C44H32N3.C12H10N.Au/c1-6-18-33(19-7-1)38-28-16-29-39(34-20-8-2-9-21-34)42(38)46-32-47(45-44(46)37-26-14-5-15-27-37)43-40(35-22-10-3-11-23-35)30-17-31-41(43)36-24-12-4-13-25-36;1-3-7-11(8-4-1)13-12-9-5-2-6-10-12;/h1-32H;1-10H;/q2*-1;. The Labute approximate surface area is 374 Å². The van der Waals surface area contributed by atoms with Crippen LogP contribution in [0.15, 0.2) is 254 Å². The molecule has 9 aromatic carbocycles. The molecule has 61 heavy (non-hydrogen) atoms. The van der Waals surface area contributed by atoms with Gasteiger partial charge in [-0.2, -0.15) is 5.10 Å². The van der Waals surface area contributed by atoms with Gasteiger partial charge in [0.15, 0.2) is 0 Å². The molecule has 0 bridgehead atoms. The number of rotatable bonds is 9. The summed E-state index contributed by atoms with van der Waals surface area (Å²) in [7, 11) is 0. The molecule has 0 saturated heterocycles. The fourth-order valence-electron chi connectivity index (χ4n) is 7.55. The van der Waals surface area contributed by atoms with E-state index in [1.165, 1.54) is 0 Å². The summed E-state index contributed by atoms with van der Waals surface area (Å²) in [6.45, 7) is 2.16. The summed E-state index contributed by atoms with van der Waals surface area (Å²) in [5.74, 6) is 0.855. The minimum atomic E-state index is 0. The molecule has 1 heterocycles. The molecule has 0 atom stereocenters. The van der Waals surface area contributed by atoms with E-state index >= 15 is 0 Å². The molecule has 299 valence electrons. The van der Waals surface area contributed by atoms with Gasteiger partial charge < -0.3 is 15.2 Å². The summed E-state index contributed by atoms with van der Waals surface area (Å²) in [5, 5.41) is 12.0. The minimum Gasteiger partial charge on any atom is -0.658 e. The van der Waals surface area contributed by atoms with Gasteiger partial charge in [-0.3, -0.25) is 0 Å². The molecule has 0 aromatic heterocycles. The molecule has 9 aromatic rings. The van der Waals surface area contributed by atoms with Gasteiger partial charge in [-0.1, -0.05) is 249 Å². The Kier molecular flexibility index (Phi) is 13.1. The van der Waals surface area contributed by atoms with E-state index in [2.05, 4.69) is 210 Å². The summed E-state index contributed by atoms with van der Waals surface area (Å²) >= 11 is 0. The number of anilines is 2. The molecular weight excluding hydrogens is 926 g/mol. The Bertz CT molecular complexity index is 2630. The van der Waals surface area contributed by atoms with E-state index in [1.54, 1.807) is 0 Å². The van der Waals surface area contributed by atoms with Crippen LogP contribution >= 0.6 is 0 Å². The number of benzene rings is 9. The van der Waals surface area contributed by atoms with Crippen molar-refractivity contribution in [3.8, 4) is 44.5 Å². The number of hydrazone groups is 1. The third-order valence-electron chi connectivity index (χ3n) is 10.3. The Morgan fingerprint density at radius 1 is 0.311 bits per heavy atom. The molecule has 0 spiro atoms. The molecule has 1 aliphatic rings. The van der Waals surface area contributed by atoms with Crippen LogP contribution in [0.2, 0.25) is 0 Å². The van der Waals surface area contributed by atoms with Gasteiger partial charge in [-0.05, 0) is 22.3 Å². The van der Waals surface area contributed by atoms with Gasteiger partial charge in [-0.25, -0.2) is 0 Å². The van der Waals surface area contributed by atoms with Crippen molar-refractivity contribution in [3.05, 3.63) is 266 Å². The molecule has 0 amide bonds. The van der Waals surface area contributed by atoms with Gasteiger partial charge in [0.25, 0.3) is 0 Å². The zero-order valence-electron chi connectivity index (χ0n) is 33.3. The molecule has 0 unspecified atom stereocenters. The van der Waals surface area contributed by atoms with Gasteiger partial charge in [0.1, 0.15) is 5.84 Å². The zero-order valence-corrected chi connectivity index (χ0v) is 35.5. The van der Waals surface area contributed by atoms with Crippen LogP contribution < -0.4 is 9.91 Å². The normalized spacial score (nSPS) is 11.8. The molecule has 0 aliphatic carbocycles. The van der Waals surface area contributed by atoms with E-state index in [0.29, 0.717) is 0 Å². The predicted molar refractivity (Wildman–Crippen MR) is 252 cm³/mol. The van der Waals surface area contributed by atoms with Crippen LogP contribution in [0.5, 0.6) is 0 Å². The molecule has 10 rings (SSSR count). The van der Waals surface area contributed by atoms with Gasteiger partial charge in [0, 0.05) is 61.6 Å². The average molecular weight is 968 g/mol. The molecule has 0 saturated carbocycles. The predicted octanol–water partition coefficient (Wildman–Crippen LogP) is 15.2. The van der Waals surface area contributed by atoms with Crippen LogP contribution in [0.1, 0.15) is 5.56 Å². The van der Waals surface area contributed by atoms with E-state index in [-0.39, 0.29) is 22.4 Å². The Hall–Kier alpha value is -7.21. The fraction of sp³-hybridized carbons (Fsp3) is 0. The van der Waals surface area contributed by atoms with Crippen molar-refractivity contribution in [3.63, 3.8) is 0 Å². The second-order valence-corrected chi connectivity index (χ2v) is 14.3. The summed E-state index contributed by atoms with van der Waals surface area (Å²) in [6, 6.07) is 85.9. The fourth-order valence-corrected chi connectivity index (χ4v) is 7.55. The molecule has 1 aliphatic heterocycles. The van der Waals surface area contributed by atoms with Gasteiger partial charge >= 0.3 is 0 Å². The Balaban J connectivity index is 0.000000313. The van der Waals surface area contributed by atoms with Gasteiger partial charge in [0.05, 0.1) is 0 Å². The van der Waals surface area contributed by atoms with E-state index < -0.39 is 0 Å². The monoisotopic (exact) mass is 967 g/mol. The second kappa shape index (κ2) is 19.7. The van der Waals surface area contributed by atoms with E-state index in [1.807, 2.05) is 60.7 Å². The quantitative estimate of drug-likeness (QED) is 0.107. The van der Waals surface area contributed by atoms with Crippen molar-refractivity contribution in [2.45, 2.75) is 0 Å². The van der Waals surface area contributed by atoms with Crippen LogP contribution in [-0.2, 0) is 22.4 Å². The first-order chi connectivity index (χ1) is 29.8. The van der Waals surface area contributed by atoms with Crippen LogP contribution in [0, 0.1) is 6.67 Å². The van der Waals surface area contributed by atoms with Crippen LogP contribution in [-0.4, -0.2) is 5.84 Å². The number of hydrogen-bond donors (Lipinski definition) is 0. The van der Waals surface area contributed by atoms with Gasteiger partial charge in [-0.15, -0.1) is 18.0 Å². The topological polar surface area (TPSA) is 32.9 Å². The van der Waals surface area contributed by atoms with E-state index in [9.17, 15) is 0 Å². The largest absolute Gasteiger partial charge is 0.658 e. The molecule has 1 radical (unpaired) electrons. The first-order valence-corrected chi connectivity index (χ1v) is 20.2. The van der Waals surface area contributed by atoms with Crippen molar-refractivity contribution in [1.29, 1.82) is 0 Å². The first-order valence-electron chi connectivity index (χ1n) is 20.2.